The van der Waals surface area contributed by atoms with Crippen molar-refractivity contribution in [3.63, 3.8) is 0 Å². The van der Waals surface area contributed by atoms with Crippen molar-refractivity contribution in [2.24, 2.45) is 5.92 Å². The summed E-state index contributed by atoms with van der Waals surface area (Å²) in [5.74, 6) is 0.806. The molecule has 0 aromatic heterocycles. The van der Waals surface area contributed by atoms with E-state index >= 15 is 0 Å². The molecule has 1 fully saturated rings. The number of urea groups is 1. The number of aliphatic hydroxyl groups is 1. The normalized spacial score (nSPS) is 22.0. The predicted octanol–water partition coefficient (Wildman–Crippen LogP) is 1.13. The molecule has 1 aliphatic rings. The SMILES string of the molecule is CC(O)CN(C)C(=O)NCCCN1CCCC(C)C1. The van der Waals surface area contributed by atoms with Crippen molar-refractivity contribution in [1.29, 1.82) is 0 Å². The third kappa shape index (κ3) is 6.78. The zero-order chi connectivity index (χ0) is 14.3. The second-order valence-corrected chi connectivity index (χ2v) is 5.86. The fourth-order valence-electron chi connectivity index (χ4n) is 2.60. The molecule has 0 spiro atoms. The fourth-order valence-corrected chi connectivity index (χ4v) is 2.60. The molecule has 0 saturated carbocycles. The highest BCUT2D eigenvalue weighted by atomic mass is 16.3. The Morgan fingerprint density at radius 2 is 2.32 bits per heavy atom. The van der Waals surface area contributed by atoms with Gasteiger partial charge < -0.3 is 20.2 Å². The molecule has 1 heterocycles. The van der Waals surface area contributed by atoms with Gasteiger partial charge in [-0.15, -0.1) is 0 Å². The number of likely N-dealkylation sites (tertiary alicyclic amines) is 1. The van der Waals surface area contributed by atoms with E-state index < -0.39 is 6.10 Å². The van der Waals surface area contributed by atoms with Gasteiger partial charge in [0, 0.05) is 26.7 Å². The summed E-state index contributed by atoms with van der Waals surface area (Å²) >= 11 is 0. The van der Waals surface area contributed by atoms with Crippen molar-refractivity contribution >= 4 is 6.03 Å². The van der Waals surface area contributed by atoms with E-state index in [2.05, 4.69) is 17.1 Å². The van der Waals surface area contributed by atoms with E-state index in [1.807, 2.05) is 0 Å². The number of nitrogens with zero attached hydrogens (tertiary/aromatic N) is 2. The smallest absolute Gasteiger partial charge is 0.317 e. The van der Waals surface area contributed by atoms with Gasteiger partial charge in [-0.3, -0.25) is 0 Å². The molecule has 5 nitrogen and oxygen atoms in total. The Balaban J connectivity index is 2.08. The summed E-state index contributed by atoms with van der Waals surface area (Å²) in [6, 6.07) is -0.104. The molecule has 2 atom stereocenters. The molecule has 2 amide bonds. The fraction of sp³-hybridized carbons (Fsp3) is 0.929. The Hall–Kier alpha value is -0.810. The first kappa shape index (κ1) is 16.2. The van der Waals surface area contributed by atoms with Crippen LogP contribution in [0.15, 0.2) is 0 Å². The number of aliphatic hydroxyl groups excluding tert-OH is 1. The summed E-state index contributed by atoms with van der Waals surface area (Å²) in [5.41, 5.74) is 0. The molecule has 0 aromatic rings. The molecule has 2 N–H and O–H groups in total. The molecule has 0 aliphatic carbocycles. The third-order valence-corrected chi connectivity index (χ3v) is 3.55. The van der Waals surface area contributed by atoms with Crippen molar-refractivity contribution in [3.05, 3.63) is 0 Å². The maximum absolute atomic E-state index is 11.7. The van der Waals surface area contributed by atoms with E-state index in [9.17, 15) is 9.90 Å². The number of carbonyl (C=O) groups excluding carboxylic acids is 1. The van der Waals surface area contributed by atoms with E-state index in [0.717, 1.165) is 18.9 Å². The lowest BCUT2D eigenvalue weighted by Gasteiger charge is -2.30. The lowest BCUT2D eigenvalue weighted by atomic mass is 10.0. The molecule has 0 bridgehead atoms. The van der Waals surface area contributed by atoms with Crippen LogP contribution in [0.5, 0.6) is 0 Å². The molecular formula is C14H29N3O2. The van der Waals surface area contributed by atoms with Gasteiger partial charge >= 0.3 is 6.03 Å². The van der Waals surface area contributed by atoms with E-state index in [1.54, 1.807) is 14.0 Å². The summed E-state index contributed by atoms with van der Waals surface area (Å²) in [7, 11) is 1.70. The van der Waals surface area contributed by atoms with E-state index in [0.29, 0.717) is 13.1 Å². The van der Waals surface area contributed by atoms with Crippen LogP contribution in [0.2, 0.25) is 0 Å². The van der Waals surface area contributed by atoms with Crippen LogP contribution in [0.3, 0.4) is 0 Å². The van der Waals surface area contributed by atoms with E-state index in [-0.39, 0.29) is 6.03 Å². The Morgan fingerprint density at radius 3 is 2.95 bits per heavy atom. The maximum Gasteiger partial charge on any atom is 0.317 e. The summed E-state index contributed by atoms with van der Waals surface area (Å²) in [5, 5.41) is 12.1. The van der Waals surface area contributed by atoms with Crippen molar-refractivity contribution < 1.29 is 9.90 Å². The second kappa shape index (κ2) is 8.38. The summed E-state index contributed by atoms with van der Waals surface area (Å²) < 4.78 is 0. The molecule has 1 rings (SSSR count). The quantitative estimate of drug-likeness (QED) is 0.712. The highest BCUT2D eigenvalue weighted by molar-refractivity contribution is 5.73. The van der Waals surface area contributed by atoms with Crippen molar-refractivity contribution in [3.8, 4) is 0 Å². The molecule has 5 heteroatoms. The number of rotatable bonds is 6. The van der Waals surface area contributed by atoms with Crippen molar-refractivity contribution in [2.45, 2.75) is 39.2 Å². The topological polar surface area (TPSA) is 55.8 Å². The average Bonchev–Trinajstić information content (AvgIpc) is 2.33. The van der Waals surface area contributed by atoms with Gasteiger partial charge in [-0.1, -0.05) is 6.92 Å². The van der Waals surface area contributed by atoms with Gasteiger partial charge in [0.05, 0.1) is 6.10 Å². The largest absolute Gasteiger partial charge is 0.392 e. The van der Waals surface area contributed by atoms with Gasteiger partial charge in [-0.25, -0.2) is 4.79 Å². The van der Waals surface area contributed by atoms with Crippen LogP contribution in [0, 0.1) is 5.92 Å². The molecule has 0 radical (unpaired) electrons. The maximum atomic E-state index is 11.7. The van der Waals surface area contributed by atoms with Crippen LogP contribution in [0.4, 0.5) is 4.79 Å². The molecule has 1 saturated heterocycles. The molecule has 1 aliphatic heterocycles. The van der Waals surface area contributed by atoms with Gasteiger partial charge in [0.1, 0.15) is 0 Å². The van der Waals surface area contributed by atoms with Crippen LogP contribution in [-0.2, 0) is 0 Å². The van der Waals surface area contributed by atoms with Gasteiger partial charge in [-0.2, -0.15) is 0 Å². The Bertz CT molecular complexity index is 271. The van der Waals surface area contributed by atoms with Gasteiger partial charge in [0.25, 0.3) is 0 Å². The Kier molecular flexibility index (Phi) is 7.16. The number of nitrogens with one attached hydrogen (secondary N) is 1. The highest BCUT2D eigenvalue weighted by Crippen LogP contribution is 2.15. The molecule has 0 aromatic carbocycles. The van der Waals surface area contributed by atoms with Gasteiger partial charge in [0.2, 0.25) is 0 Å². The van der Waals surface area contributed by atoms with E-state index in [4.69, 9.17) is 0 Å². The highest BCUT2D eigenvalue weighted by Gasteiger charge is 2.15. The number of hydrogen-bond acceptors (Lipinski definition) is 3. The number of amides is 2. The standard InChI is InChI=1S/C14H29N3O2/c1-12-6-4-8-17(10-12)9-5-7-15-14(19)16(3)11-13(2)18/h12-13,18H,4-11H2,1-3H3,(H,15,19). The van der Waals surface area contributed by atoms with Gasteiger partial charge in [0.15, 0.2) is 0 Å². The van der Waals surface area contributed by atoms with E-state index in [1.165, 1.54) is 30.8 Å². The van der Waals surface area contributed by atoms with Crippen molar-refractivity contribution in [1.82, 2.24) is 15.1 Å². The first-order chi connectivity index (χ1) is 8.99. The minimum Gasteiger partial charge on any atom is -0.392 e. The van der Waals surface area contributed by atoms with Crippen LogP contribution in [-0.4, -0.2) is 66.8 Å². The lowest BCUT2D eigenvalue weighted by Crippen LogP contribution is -2.42. The number of hydrogen-bond donors (Lipinski definition) is 2. The summed E-state index contributed by atoms with van der Waals surface area (Å²) in [6.07, 6.45) is 3.15. The predicted molar refractivity (Wildman–Crippen MR) is 77.2 cm³/mol. The van der Waals surface area contributed by atoms with Crippen LogP contribution < -0.4 is 5.32 Å². The number of piperidine rings is 1. The monoisotopic (exact) mass is 271 g/mol. The minimum absolute atomic E-state index is 0.104. The number of likely N-dealkylation sites (N-methyl/N-ethyl adjacent to an activating group) is 1. The van der Waals surface area contributed by atoms with Crippen LogP contribution in [0.1, 0.15) is 33.1 Å². The zero-order valence-corrected chi connectivity index (χ0v) is 12.6. The Morgan fingerprint density at radius 1 is 1.58 bits per heavy atom. The first-order valence-corrected chi connectivity index (χ1v) is 7.38. The summed E-state index contributed by atoms with van der Waals surface area (Å²) in [4.78, 5) is 15.7. The van der Waals surface area contributed by atoms with Crippen LogP contribution in [0.25, 0.3) is 0 Å². The summed E-state index contributed by atoms with van der Waals surface area (Å²) in [6.45, 7) is 8.50. The molecule has 2 unspecified atom stereocenters. The molecular weight excluding hydrogens is 242 g/mol. The zero-order valence-electron chi connectivity index (χ0n) is 12.6. The molecule has 112 valence electrons. The lowest BCUT2D eigenvalue weighted by molar-refractivity contribution is 0.143. The average molecular weight is 271 g/mol. The molecule has 19 heavy (non-hydrogen) atoms. The minimum atomic E-state index is -0.481. The third-order valence-electron chi connectivity index (χ3n) is 3.55. The first-order valence-electron chi connectivity index (χ1n) is 7.38. The Labute approximate surface area is 117 Å². The number of carbonyl (C=O) groups is 1. The van der Waals surface area contributed by atoms with Gasteiger partial charge in [-0.05, 0) is 45.2 Å². The van der Waals surface area contributed by atoms with Crippen LogP contribution >= 0.6 is 0 Å². The second-order valence-electron chi connectivity index (χ2n) is 5.86. The van der Waals surface area contributed by atoms with Crippen molar-refractivity contribution in [2.75, 3.05) is 39.8 Å².